The number of rotatable bonds is 5. The SMILES string of the molecule is CCCC(CC)O[B]O. The molecule has 1 radical (unpaired) electrons. The van der Waals surface area contributed by atoms with Crippen molar-refractivity contribution in [2.24, 2.45) is 0 Å². The minimum atomic E-state index is 0.208. The highest BCUT2D eigenvalue weighted by molar-refractivity contribution is 6.15. The second-order valence-corrected chi connectivity index (χ2v) is 2.06. The molecule has 0 aromatic rings. The summed E-state index contributed by atoms with van der Waals surface area (Å²) in [4.78, 5) is 0. The van der Waals surface area contributed by atoms with Crippen LogP contribution in [-0.4, -0.2) is 18.8 Å². The van der Waals surface area contributed by atoms with E-state index in [4.69, 9.17) is 9.68 Å². The summed E-state index contributed by atoms with van der Waals surface area (Å²) < 4.78 is 4.86. The quantitative estimate of drug-likeness (QED) is 0.563. The van der Waals surface area contributed by atoms with E-state index >= 15 is 0 Å². The molecule has 9 heavy (non-hydrogen) atoms. The van der Waals surface area contributed by atoms with E-state index in [2.05, 4.69) is 6.92 Å². The van der Waals surface area contributed by atoms with Gasteiger partial charge in [-0.15, -0.1) is 0 Å². The lowest BCUT2D eigenvalue weighted by Gasteiger charge is -2.11. The molecule has 0 heterocycles. The molecule has 0 aromatic heterocycles. The number of hydrogen-bond donors (Lipinski definition) is 1. The second-order valence-electron chi connectivity index (χ2n) is 2.06. The smallest absolute Gasteiger partial charge is 0.429 e. The fourth-order valence-corrected chi connectivity index (χ4v) is 0.776. The topological polar surface area (TPSA) is 29.5 Å². The van der Waals surface area contributed by atoms with E-state index in [0.717, 1.165) is 26.9 Å². The molecule has 1 N–H and O–H groups in total. The van der Waals surface area contributed by atoms with Crippen LogP contribution in [0.4, 0.5) is 0 Å². The highest BCUT2D eigenvalue weighted by Gasteiger charge is 2.03. The molecular formula is C6H14BO2. The normalized spacial score (nSPS) is 13.2. The third-order valence-electron chi connectivity index (χ3n) is 1.32. The average Bonchev–Trinajstić information content (AvgIpc) is 1.88. The Kier molecular flexibility index (Phi) is 6.10. The molecule has 1 atom stereocenters. The predicted molar refractivity (Wildman–Crippen MR) is 38.0 cm³/mol. The van der Waals surface area contributed by atoms with Crippen LogP contribution < -0.4 is 0 Å². The third-order valence-corrected chi connectivity index (χ3v) is 1.32. The van der Waals surface area contributed by atoms with Crippen LogP contribution in [0.15, 0.2) is 0 Å². The van der Waals surface area contributed by atoms with Gasteiger partial charge in [-0.3, -0.25) is 0 Å². The maximum atomic E-state index is 8.25. The molecule has 1 unspecified atom stereocenters. The van der Waals surface area contributed by atoms with Gasteiger partial charge in [0.2, 0.25) is 0 Å². The number of hydrogen-bond acceptors (Lipinski definition) is 2. The van der Waals surface area contributed by atoms with E-state index in [1.165, 1.54) is 0 Å². The van der Waals surface area contributed by atoms with Gasteiger partial charge in [0, 0.05) is 6.10 Å². The minimum absolute atomic E-state index is 0.208. The molecule has 0 aliphatic heterocycles. The first-order valence-corrected chi connectivity index (χ1v) is 3.46. The lowest BCUT2D eigenvalue weighted by atomic mass is 10.1. The Morgan fingerprint density at radius 2 is 2.22 bits per heavy atom. The third kappa shape index (κ3) is 4.49. The van der Waals surface area contributed by atoms with Crippen LogP contribution in [0.2, 0.25) is 0 Å². The fraction of sp³-hybridized carbons (Fsp3) is 1.00. The molecule has 0 bridgehead atoms. The largest absolute Gasteiger partial charge is 0.485 e. The van der Waals surface area contributed by atoms with Gasteiger partial charge in [-0.2, -0.15) is 0 Å². The van der Waals surface area contributed by atoms with E-state index in [1.807, 2.05) is 6.92 Å². The lowest BCUT2D eigenvalue weighted by Crippen LogP contribution is -2.13. The van der Waals surface area contributed by atoms with Crippen molar-refractivity contribution >= 4 is 7.69 Å². The van der Waals surface area contributed by atoms with Crippen molar-refractivity contribution in [3.63, 3.8) is 0 Å². The van der Waals surface area contributed by atoms with Crippen LogP contribution >= 0.6 is 0 Å². The van der Waals surface area contributed by atoms with Crippen molar-refractivity contribution < 1.29 is 9.68 Å². The molecule has 0 saturated carbocycles. The molecule has 0 rings (SSSR count). The summed E-state index contributed by atoms with van der Waals surface area (Å²) in [7, 11) is 0.782. The minimum Gasteiger partial charge on any atom is -0.429 e. The van der Waals surface area contributed by atoms with E-state index in [-0.39, 0.29) is 6.10 Å². The molecule has 2 nitrogen and oxygen atoms in total. The van der Waals surface area contributed by atoms with Crippen molar-refractivity contribution in [1.82, 2.24) is 0 Å². The van der Waals surface area contributed by atoms with Gasteiger partial charge in [0.05, 0.1) is 0 Å². The summed E-state index contributed by atoms with van der Waals surface area (Å²) in [6, 6.07) is 0. The Morgan fingerprint density at radius 1 is 1.56 bits per heavy atom. The summed E-state index contributed by atoms with van der Waals surface area (Å²) in [5.74, 6) is 0. The summed E-state index contributed by atoms with van der Waals surface area (Å²) in [6.07, 6.45) is 3.30. The monoisotopic (exact) mass is 129 g/mol. The van der Waals surface area contributed by atoms with Gasteiger partial charge < -0.3 is 9.68 Å². The van der Waals surface area contributed by atoms with Gasteiger partial charge in [-0.05, 0) is 12.8 Å². The van der Waals surface area contributed by atoms with E-state index in [1.54, 1.807) is 0 Å². The lowest BCUT2D eigenvalue weighted by molar-refractivity contribution is 0.168. The first-order valence-electron chi connectivity index (χ1n) is 3.46. The molecule has 0 saturated heterocycles. The first kappa shape index (κ1) is 8.98. The maximum Gasteiger partial charge on any atom is 0.485 e. The van der Waals surface area contributed by atoms with Gasteiger partial charge >= 0.3 is 7.69 Å². The van der Waals surface area contributed by atoms with E-state index in [9.17, 15) is 0 Å². The van der Waals surface area contributed by atoms with Crippen LogP contribution in [0.5, 0.6) is 0 Å². The van der Waals surface area contributed by atoms with Crippen molar-refractivity contribution in [3.05, 3.63) is 0 Å². The van der Waals surface area contributed by atoms with E-state index < -0.39 is 0 Å². The molecule has 3 heteroatoms. The zero-order valence-electron chi connectivity index (χ0n) is 6.13. The Hall–Kier alpha value is -0.0151. The van der Waals surface area contributed by atoms with Gasteiger partial charge in [0.15, 0.2) is 0 Å². The highest BCUT2D eigenvalue weighted by atomic mass is 16.5. The molecule has 0 fully saturated rings. The summed E-state index contributed by atoms with van der Waals surface area (Å²) in [5.41, 5.74) is 0. The fourth-order valence-electron chi connectivity index (χ4n) is 0.776. The molecule has 0 aromatic carbocycles. The van der Waals surface area contributed by atoms with Gasteiger partial charge in [-0.1, -0.05) is 20.3 Å². The maximum absolute atomic E-state index is 8.25. The average molecular weight is 129 g/mol. The Bertz CT molecular complexity index is 53.0. The van der Waals surface area contributed by atoms with Crippen molar-refractivity contribution in [1.29, 1.82) is 0 Å². The molecule has 0 spiro atoms. The molecule has 0 aliphatic rings. The predicted octanol–water partition coefficient (Wildman–Crippen LogP) is 1.11. The summed E-state index contributed by atoms with van der Waals surface area (Å²) >= 11 is 0. The van der Waals surface area contributed by atoms with Crippen molar-refractivity contribution in [3.8, 4) is 0 Å². The Balaban J connectivity index is 3.18. The first-order chi connectivity index (χ1) is 4.35. The standard InChI is InChI=1S/C6H14BO2/c1-3-5-6(4-2)9-7-8/h6,8H,3-5H2,1-2H3. The molecular weight excluding hydrogens is 115 g/mol. The van der Waals surface area contributed by atoms with Gasteiger partial charge in [0.25, 0.3) is 0 Å². The summed E-state index contributed by atoms with van der Waals surface area (Å²) in [6.45, 7) is 4.15. The zero-order chi connectivity index (χ0) is 7.11. The molecule has 0 amide bonds. The molecule has 0 aliphatic carbocycles. The molecule has 53 valence electrons. The van der Waals surface area contributed by atoms with Crippen LogP contribution in [0.1, 0.15) is 33.1 Å². The van der Waals surface area contributed by atoms with Crippen molar-refractivity contribution in [2.45, 2.75) is 39.2 Å². The van der Waals surface area contributed by atoms with Crippen molar-refractivity contribution in [2.75, 3.05) is 0 Å². The Morgan fingerprint density at radius 3 is 2.56 bits per heavy atom. The van der Waals surface area contributed by atoms with Crippen LogP contribution in [-0.2, 0) is 4.65 Å². The zero-order valence-corrected chi connectivity index (χ0v) is 6.13. The Labute approximate surface area is 57.5 Å². The van der Waals surface area contributed by atoms with Crippen LogP contribution in [0.25, 0.3) is 0 Å². The van der Waals surface area contributed by atoms with Gasteiger partial charge in [0.1, 0.15) is 0 Å². The van der Waals surface area contributed by atoms with Gasteiger partial charge in [-0.25, -0.2) is 0 Å². The van der Waals surface area contributed by atoms with Crippen LogP contribution in [0.3, 0.4) is 0 Å². The van der Waals surface area contributed by atoms with E-state index in [0.29, 0.717) is 0 Å². The summed E-state index contributed by atoms with van der Waals surface area (Å²) in [5, 5.41) is 8.25. The van der Waals surface area contributed by atoms with Crippen LogP contribution in [0, 0.1) is 0 Å². The highest BCUT2D eigenvalue weighted by Crippen LogP contribution is 2.03. The second kappa shape index (κ2) is 6.11.